The topological polar surface area (TPSA) is 80.1 Å². The Labute approximate surface area is 179 Å². The van der Waals surface area contributed by atoms with Gasteiger partial charge in [0.2, 0.25) is 5.91 Å². The quantitative estimate of drug-likeness (QED) is 0.611. The van der Waals surface area contributed by atoms with Crippen molar-refractivity contribution in [3.63, 3.8) is 0 Å². The van der Waals surface area contributed by atoms with Gasteiger partial charge in [-0.1, -0.05) is 48.5 Å². The van der Waals surface area contributed by atoms with Crippen molar-refractivity contribution in [1.82, 2.24) is 9.80 Å². The Morgan fingerprint density at radius 1 is 1.06 bits per heavy atom. The molecule has 0 bridgehead atoms. The Morgan fingerprint density at radius 2 is 1.81 bits per heavy atom. The summed E-state index contributed by atoms with van der Waals surface area (Å²) in [5, 5.41) is 0.839. The number of hydrogen-bond donors (Lipinski definition) is 0. The van der Waals surface area contributed by atoms with Gasteiger partial charge in [-0.15, -0.1) is 0 Å². The molecule has 7 nitrogen and oxygen atoms in total. The minimum Gasteiger partial charge on any atom is -0.469 e. The van der Waals surface area contributed by atoms with Gasteiger partial charge in [0, 0.05) is 11.9 Å². The molecule has 2 saturated heterocycles. The third kappa shape index (κ3) is 3.26. The van der Waals surface area contributed by atoms with E-state index in [-0.39, 0.29) is 36.1 Å². The van der Waals surface area contributed by atoms with Crippen molar-refractivity contribution >= 4 is 28.8 Å². The van der Waals surface area contributed by atoms with Gasteiger partial charge in [0.25, 0.3) is 5.91 Å². The number of piperazine rings is 1. The smallest absolute Gasteiger partial charge is 0.311 e. The first-order valence-corrected chi connectivity index (χ1v) is 10.3. The third-order valence-corrected chi connectivity index (χ3v) is 6.21. The number of carbonyl (C=O) groups excluding carboxylic acids is 3. The minimum absolute atomic E-state index is 0.0520. The van der Waals surface area contributed by atoms with Crippen LogP contribution in [0.25, 0.3) is 11.0 Å². The number of rotatable bonds is 3. The predicted octanol–water partition coefficient (Wildman–Crippen LogP) is 3.02. The van der Waals surface area contributed by atoms with E-state index in [0.717, 1.165) is 10.9 Å². The van der Waals surface area contributed by atoms with E-state index in [4.69, 9.17) is 9.15 Å². The molecular weight excluding hydrogens is 396 g/mol. The van der Waals surface area contributed by atoms with Crippen LogP contribution in [0, 0.1) is 5.92 Å². The van der Waals surface area contributed by atoms with Crippen LogP contribution in [0.15, 0.2) is 65.1 Å². The largest absolute Gasteiger partial charge is 0.469 e. The zero-order valence-electron chi connectivity index (χ0n) is 17.1. The number of benzene rings is 2. The normalized spacial score (nSPS) is 23.1. The van der Waals surface area contributed by atoms with Crippen molar-refractivity contribution in [2.75, 3.05) is 20.2 Å². The fourth-order valence-corrected chi connectivity index (χ4v) is 4.86. The molecule has 2 aliphatic rings. The highest BCUT2D eigenvalue weighted by Gasteiger charge is 2.51. The van der Waals surface area contributed by atoms with Crippen molar-refractivity contribution in [3.8, 4) is 0 Å². The number of furan rings is 1. The van der Waals surface area contributed by atoms with Crippen LogP contribution in [0.5, 0.6) is 0 Å². The molecule has 0 radical (unpaired) electrons. The molecule has 0 unspecified atom stereocenters. The van der Waals surface area contributed by atoms with E-state index in [1.54, 1.807) is 17.0 Å². The summed E-state index contributed by atoms with van der Waals surface area (Å²) in [5.74, 6) is -1.10. The molecule has 2 fully saturated rings. The molecular formula is C24H22N2O5. The summed E-state index contributed by atoms with van der Waals surface area (Å²) in [6.07, 6.45) is 0.446. The van der Waals surface area contributed by atoms with E-state index in [0.29, 0.717) is 18.5 Å². The number of para-hydroxylation sites is 1. The maximum atomic E-state index is 13.2. The molecule has 3 heterocycles. The summed E-state index contributed by atoms with van der Waals surface area (Å²) in [5.41, 5.74) is 1.53. The highest BCUT2D eigenvalue weighted by atomic mass is 16.5. The summed E-state index contributed by atoms with van der Waals surface area (Å²) in [7, 11) is 1.36. The van der Waals surface area contributed by atoms with E-state index in [2.05, 4.69) is 0 Å². The van der Waals surface area contributed by atoms with Crippen LogP contribution in [0.1, 0.15) is 28.6 Å². The number of methoxy groups -OCH3 is 1. The van der Waals surface area contributed by atoms with Crippen LogP contribution in [0.4, 0.5) is 0 Å². The first-order valence-electron chi connectivity index (χ1n) is 10.3. The van der Waals surface area contributed by atoms with Gasteiger partial charge < -0.3 is 19.0 Å². The SMILES string of the molecule is COC(=O)[C@H]1C[C@H]2CN(C(=O)c3cc4ccccc4o3)CC(=O)N2[C@H]1c1ccccc1. The van der Waals surface area contributed by atoms with E-state index in [1.165, 1.54) is 12.0 Å². The van der Waals surface area contributed by atoms with Gasteiger partial charge in [0.15, 0.2) is 5.76 Å². The van der Waals surface area contributed by atoms with Gasteiger partial charge in [-0.3, -0.25) is 14.4 Å². The van der Waals surface area contributed by atoms with Crippen LogP contribution < -0.4 is 0 Å². The molecule has 0 N–H and O–H groups in total. The van der Waals surface area contributed by atoms with Crippen molar-refractivity contribution < 1.29 is 23.5 Å². The maximum Gasteiger partial charge on any atom is 0.311 e. The lowest BCUT2D eigenvalue weighted by atomic mass is 9.93. The lowest BCUT2D eigenvalue weighted by Crippen LogP contribution is -2.55. The number of esters is 1. The molecule has 3 aromatic rings. The van der Waals surface area contributed by atoms with Gasteiger partial charge in [-0.05, 0) is 24.1 Å². The zero-order valence-corrected chi connectivity index (χ0v) is 17.1. The minimum atomic E-state index is -0.470. The summed E-state index contributed by atoms with van der Waals surface area (Å²) >= 11 is 0. The molecule has 2 aliphatic heterocycles. The highest BCUT2D eigenvalue weighted by Crippen LogP contribution is 2.43. The number of nitrogens with zero attached hydrogens (tertiary/aromatic N) is 2. The second-order valence-corrected chi connectivity index (χ2v) is 8.01. The molecule has 7 heteroatoms. The monoisotopic (exact) mass is 418 g/mol. The van der Waals surface area contributed by atoms with E-state index in [1.807, 2.05) is 48.5 Å². The molecule has 2 aromatic carbocycles. The van der Waals surface area contributed by atoms with Gasteiger partial charge in [0.05, 0.1) is 25.1 Å². The lowest BCUT2D eigenvalue weighted by molar-refractivity contribution is -0.147. The van der Waals surface area contributed by atoms with Crippen molar-refractivity contribution in [2.45, 2.75) is 18.5 Å². The van der Waals surface area contributed by atoms with E-state index in [9.17, 15) is 14.4 Å². The van der Waals surface area contributed by atoms with Crippen LogP contribution in [0.3, 0.4) is 0 Å². The summed E-state index contributed by atoms with van der Waals surface area (Å²) in [6.45, 7) is 0.294. The Morgan fingerprint density at radius 3 is 2.55 bits per heavy atom. The molecule has 1 aromatic heterocycles. The Hall–Kier alpha value is -3.61. The molecule has 2 amide bonds. The standard InChI is InChI=1S/C24H22N2O5/c1-30-24(29)18-12-17-13-25(23(28)20-11-16-9-5-6-10-19(16)31-20)14-21(27)26(17)22(18)15-7-3-2-4-8-15/h2-11,17-18,22H,12-14H2,1H3/t17-,18-,22-/m0/s1. The number of amides is 2. The van der Waals surface area contributed by atoms with Crippen LogP contribution in [-0.4, -0.2) is 53.8 Å². The van der Waals surface area contributed by atoms with Gasteiger partial charge in [-0.2, -0.15) is 0 Å². The van der Waals surface area contributed by atoms with Crippen molar-refractivity contribution in [2.24, 2.45) is 5.92 Å². The number of hydrogen-bond acceptors (Lipinski definition) is 5. The van der Waals surface area contributed by atoms with E-state index >= 15 is 0 Å². The molecule has 3 atom stereocenters. The number of fused-ring (bicyclic) bond motifs is 2. The second-order valence-electron chi connectivity index (χ2n) is 8.01. The third-order valence-electron chi connectivity index (χ3n) is 6.21. The first-order chi connectivity index (χ1) is 15.1. The molecule has 158 valence electrons. The van der Waals surface area contributed by atoms with Gasteiger partial charge in [-0.25, -0.2) is 0 Å². The van der Waals surface area contributed by atoms with Crippen LogP contribution in [-0.2, 0) is 14.3 Å². The molecule has 5 rings (SSSR count). The lowest BCUT2D eigenvalue weighted by Gasteiger charge is -2.39. The van der Waals surface area contributed by atoms with Gasteiger partial charge in [0.1, 0.15) is 12.1 Å². The second kappa shape index (κ2) is 7.58. The average Bonchev–Trinajstić information content (AvgIpc) is 3.40. The van der Waals surface area contributed by atoms with Crippen molar-refractivity contribution in [3.05, 3.63) is 72.0 Å². The number of carbonyl (C=O) groups is 3. The van der Waals surface area contributed by atoms with Gasteiger partial charge >= 0.3 is 5.97 Å². The summed E-state index contributed by atoms with van der Waals surface area (Å²) in [4.78, 5) is 42.1. The fraction of sp³-hybridized carbons (Fsp3) is 0.292. The molecule has 0 saturated carbocycles. The maximum absolute atomic E-state index is 13.2. The average molecular weight is 418 g/mol. The Balaban J connectivity index is 1.43. The Kier molecular flexibility index (Phi) is 4.73. The molecule has 0 spiro atoms. The van der Waals surface area contributed by atoms with Crippen molar-refractivity contribution in [1.29, 1.82) is 0 Å². The van der Waals surface area contributed by atoms with Crippen LogP contribution in [0.2, 0.25) is 0 Å². The van der Waals surface area contributed by atoms with E-state index < -0.39 is 12.0 Å². The zero-order chi connectivity index (χ0) is 21.5. The summed E-state index contributed by atoms with van der Waals surface area (Å²) in [6, 6.07) is 18.0. The Bertz CT molecular complexity index is 1120. The predicted molar refractivity (Wildman–Crippen MR) is 112 cm³/mol. The number of ether oxygens (including phenoxy) is 1. The molecule has 31 heavy (non-hydrogen) atoms. The fourth-order valence-electron chi connectivity index (χ4n) is 4.86. The highest BCUT2D eigenvalue weighted by molar-refractivity contribution is 5.98. The van der Waals surface area contributed by atoms with Crippen LogP contribution >= 0.6 is 0 Å². The molecule has 0 aliphatic carbocycles. The first kappa shape index (κ1) is 19.4. The summed E-state index contributed by atoms with van der Waals surface area (Å²) < 4.78 is 10.7.